The molecule has 0 unspecified atom stereocenters. The molecule has 31 heavy (non-hydrogen) atoms. The van der Waals surface area contributed by atoms with Crippen LogP contribution < -0.4 is 10.2 Å². The van der Waals surface area contributed by atoms with Gasteiger partial charge >= 0.3 is 0 Å². The smallest absolute Gasteiger partial charge is 0.261 e. The van der Waals surface area contributed by atoms with Crippen molar-refractivity contribution in [1.82, 2.24) is 4.98 Å². The van der Waals surface area contributed by atoms with Gasteiger partial charge in [-0.3, -0.25) is 9.78 Å². The van der Waals surface area contributed by atoms with Crippen molar-refractivity contribution in [2.45, 2.75) is 32.7 Å². The van der Waals surface area contributed by atoms with Crippen molar-refractivity contribution in [2.75, 3.05) is 10.2 Å². The number of rotatable bonds is 3. The number of nitrogens with zero attached hydrogens (tertiary/aromatic N) is 2. The second-order valence-corrected chi connectivity index (χ2v) is 9.03. The van der Waals surface area contributed by atoms with Crippen LogP contribution in [-0.4, -0.2) is 10.9 Å². The number of carbonyl (C=O) groups is 1. The van der Waals surface area contributed by atoms with Crippen LogP contribution in [0.1, 0.15) is 42.3 Å². The number of fused-ring (bicyclic) bond motifs is 2. The summed E-state index contributed by atoms with van der Waals surface area (Å²) in [6.45, 7) is 7.16. The molecule has 0 saturated heterocycles. The summed E-state index contributed by atoms with van der Waals surface area (Å²) in [4.78, 5) is 19.7. The molecule has 2 heterocycles. The summed E-state index contributed by atoms with van der Waals surface area (Å²) in [6.07, 6.45) is 1.79. The number of anilines is 3. The highest BCUT2D eigenvalue weighted by molar-refractivity contribution is 6.14. The van der Waals surface area contributed by atoms with E-state index in [1.54, 1.807) is 6.20 Å². The zero-order valence-electron chi connectivity index (χ0n) is 18.0. The maximum absolute atomic E-state index is 13.4. The van der Waals surface area contributed by atoms with Crippen molar-refractivity contribution in [3.05, 3.63) is 95.7 Å². The lowest BCUT2D eigenvalue weighted by atomic mass is 9.87. The predicted molar refractivity (Wildman–Crippen MR) is 127 cm³/mol. The molecule has 3 aromatic carbocycles. The summed E-state index contributed by atoms with van der Waals surface area (Å²) in [6, 6.07) is 24.3. The Balaban J connectivity index is 1.48. The monoisotopic (exact) mass is 407 g/mol. The van der Waals surface area contributed by atoms with Crippen LogP contribution >= 0.6 is 0 Å². The van der Waals surface area contributed by atoms with E-state index in [1.807, 2.05) is 65.6 Å². The summed E-state index contributed by atoms with van der Waals surface area (Å²) < 4.78 is 0. The Bertz CT molecular complexity index is 1280. The van der Waals surface area contributed by atoms with E-state index < -0.39 is 0 Å². The van der Waals surface area contributed by atoms with Crippen LogP contribution in [0, 0.1) is 0 Å². The van der Waals surface area contributed by atoms with Crippen LogP contribution in [0.15, 0.2) is 79.0 Å². The molecule has 0 spiro atoms. The summed E-state index contributed by atoms with van der Waals surface area (Å²) in [5.41, 5.74) is 6.73. The average Bonchev–Trinajstić information content (AvgIpc) is 3.11. The molecule has 1 aliphatic heterocycles. The Labute approximate surface area is 182 Å². The highest BCUT2D eigenvalue weighted by Gasteiger charge is 2.31. The van der Waals surface area contributed by atoms with Gasteiger partial charge < -0.3 is 10.2 Å². The highest BCUT2D eigenvalue weighted by Crippen LogP contribution is 2.36. The zero-order valence-corrected chi connectivity index (χ0v) is 18.0. The Morgan fingerprint density at radius 1 is 0.871 bits per heavy atom. The van der Waals surface area contributed by atoms with E-state index in [0.29, 0.717) is 6.54 Å². The van der Waals surface area contributed by atoms with Gasteiger partial charge in [-0.05, 0) is 59.0 Å². The molecule has 0 fully saturated rings. The Kier molecular flexibility index (Phi) is 4.51. The summed E-state index contributed by atoms with van der Waals surface area (Å²) >= 11 is 0. The van der Waals surface area contributed by atoms with Gasteiger partial charge in [0.25, 0.3) is 5.91 Å². The summed E-state index contributed by atoms with van der Waals surface area (Å²) in [5.74, 6) is 0.0278. The van der Waals surface area contributed by atoms with Gasteiger partial charge in [0.1, 0.15) is 0 Å². The number of aromatic nitrogens is 1. The van der Waals surface area contributed by atoms with Gasteiger partial charge in [-0.15, -0.1) is 0 Å². The summed E-state index contributed by atoms with van der Waals surface area (Å²) in [7, 11) is 0. The number of hydrogen-bond donors (Lipinski definition) is 1. The maximum atomic E-state index is 13.4. The minimum Gasteiger partial charge on any atom is -0.354 e. The third-order valence-electron chi connectivity index (χ3n) is 5.90. The highest BCUT2D eigenvalue weighted by atomic mass is 16.2. The third kappa shape index (κ3) is 3.44. The van der Waals surface area contributed by atoms with Crippen molar-refractivity contribution in [3.8, 4) is 0 Å². The normalized spacial score (nSPS) is 13.5. The van der Waals surface area contributed by atoms with Crippen LogP contribution in [0.5, 0.6) is 0 Å². The van der Waals surface area contributed by atoms with Crippen molar-refractivity contribution in [3.63, 3.8) is 0 Å². The first-order valence-corrected chi connectivity index (χ1v) is 10.6. The fraction of sp³-hybridized carbons (Fsp3) is 0.185. The first-order valence-electron chi connectivity index (χ1n) is 10.6. The van der Waals surface area contributed by atoms with Crippen LogP contribution in [0.2, 0.25) is 0 Å². The minimum atomic E-state index is 0.0278. The standard InChI is InChI=1S/C27H25N3O/c1-27(2,3)19-12-14-20(15-13-19)30-17-18-7-4-11-24(25(18)26(30)31)29-23-10-5-9-22-21(23)8-6-16-28-22/h4-16,29H,17H2,1-3H3. The van der Waals surface area contributed by atoms with E-state index in [0.717, 1.165) is 39.1 Å². The lowest BCUT2D eigenvalue weighted by Crippen LogP contribution is -2.23. The summed E-state index contributed by atoms with van der Waals surface area (Å²) in [5, 5.41) is 4.52. The van der Waals surface area contributed by atoms with Crippen LogP contribution in [-0.2, 0) is 12.0 Å². The molecular formula is C27H25N3O. The lowest BCUT2D eigenvalue weighted by Gasteiger charge is -2.21. The van der Waals surface area contributed by atoms with Gasteiger partial charge in [-0.1, -0.05) is 51.1 Å². The molecule has 0 radical (unpaired) electrons. The molecule has 1 aromatic heterocycles. The van der Waals surface area contributed by atoms with Gasteiger partial charge in [0, 0.05) is 23.0 Å². The topological polar surface area (TPSA) is 45.2 Å². The molecule has 1 aliphatic rings. The molecule has 154 valence electrons. The lowest BCUT2D eigenvalue weighted by molar-refractivity contribution is 0.0997. The number of carbonyl (C=O) groups excluding carboxylic acids is 1. The van der Waals surface area contributed by atoms with E-state index in [1.165, 1.54) is 5.56 Å². The Morgan fingerprint density at radius 2 is 1.61 bits per heavy atom. The van der Waals surface area contributed by atoms with E-state index in [9.17, 15) is 4.79 Å². The molecule has 5 rings (SSSR count). The number of benzene rings is 3. The van der Waals surface area contributed by atoms with Crippen LogP contribution in [0.4, 0.5) is 17.1 Å². The van der Waals surface area contributed by atoms with E-state index in [4.69, 9.17) is 0 Å². The third-order valence-corrected chi connectivity index (χ3v) is 5.90. The van der Waals surface area contributed by atoms with Crippen molar-refractivity contribution >= 4 is 33.9 Å². The first-order chi connectivity index (χ1) is 14.9. The molecule has 0 saturated carbocycles. The van der Waals surface area contributed by atoms with E-state index >= 15 is 0 Å². The zero-order chi connectivity index (χ0) is 21.6. The number of nitrogens with one attached hydrogen (secondary N) is 1. The van der Waals surface area contributed by atoms with Crippen LogP contribution in [0.3, 0.4) is 0 Å². The number of hydrogen-bond acceptors (Lipinski definition) is 3. The van der Waals surface area contributed by atoms with Gasteiger partial charge in [0.2, 0.25) is 0 Å². The van der Waals surface area contributed by atoms with E-state index in [-0.39, 0.29) is 11.3 Å². The van der Waals surface area contributed by atoms with Gasteiger partial charge in [-0.2, -0.15) is 0 Å². The molecule has 4 nitrogen and oxygen atoms in total. The van der Waals surface area contributed by atoms with Crippen molar-refractivity contribution < 1.29 is 4.79 Å². The molecule has 4 heteroatoms. The first kappa shape index (κ1) is 19.3. The average molecular weight is 408 g/mol. The van der Waals surface area contributed by atoms with Crippen molar-refractivity contribution in [2.24, 2.45) is 0 Å². The van der Waals surface area contributed by atoms with Gasteiger partial charge in [-0.25, -0.2) is 0 Å². The number of amides is 1. The largest absolute Gasteiger partial charge is 0.354 e. The quantitative estimate of drug-likeness (QED) is 0.425. The minimum absolute atomic E-state index is 0.0278. The second-order valence-electron chi connectivity index (χ2n) is 9.03. The molecular weight excluding hydrogens is 382 g/mol. The SMILES string of the molecule is CC(C)(C)c1ccc(N2Cc3cccc(Nc4cccc5ncccc45)c3C2=O)cc1. The Morgan fingerprint density at radius 3 is 2.39 bits per heavy atom. The van der Waals surface area contributed by atoms with E-state index in [2.05, 4.69) is 43.2 Å². The van der Waals surface area contributed by atoms with Crippen LogP contribution in [0.25, 0.3) is 10.9 Å². The maximum Gasteiger partial charge on any atom is 0.261 e. The van der Waals surface area contributed by atoms with Gasteiger partial charge in [0.15, 0.2) is 0 Å². The molecule has 4 aromatic rings. The Hall–Kier alpha value is -3.66. The van der Waals surface area contributed by atoms with Gasteiger partial charge in [0.05, 0.1) is 23.3 Å². The molecule has 0 atom stereocenters. The number of pyridine rings is 1. The fourth-order valence-corrected chi connectivity index (χ4v) is 4.17. The predicted octanol–water partition coefficient (Wildman–Crippen LogP) is 6.44. The molecule has 0 bridgehead atoms. The molecule has 1 N–H and O–H groups in total. The fourth-order valence-electron chi connectivity index (χ4n) is 4.17. The molecule has 0 aliphatic carbocycles. The van der Waals surface area contributed by atoms with Crippen molar-refractivity contribution in [1.29, 1.82) is 0 Å². The second kappa shape index (κ2) is 7.24. The molecule has 1 amide bonds.